The molecule has 138 valence electrons. The van der Waals surface area contributed by atoms with E-state index in [1.807, 2.05) is 4.57 Å². The van der Waals surface area contributed by atoms with Gasteiger partial charge in [-0.25, -0.2) is 15.0 Å². The molecule has 2 aromatic heterocycles. The Labute approximate surface area is 145 Å². The minimum Gasteiger partial charge on any atom is -0.382 e. The highest BCUT2D eigenvalue weighted by atomic mass is 31.2. The Morgan fingerprint density at radius 3 is 2.64 bits per heavy atom. The van der Waals surface area contributed by atoms with E-state index in [9.17, 15) is 4.57 Å². The molecule has 0 radical (unpaired) electrons. The lowest BCUT2D eigenvalue weighted by atomic mass is 9.81. The summed E-state index contributed by atoms with van der Waals surface area (Å²) >= 11 is 0. The second kappa shape index (κ2) is 7.78. The maximum Gasteiger partial charge on any atom is 0.350 e. The first kappa shape index (κ1) is 18.3. The van der Waals surface area contributed by atoms with E-state index >= 15 is 0 Å². The minimum absolute atomic E-state index is 0.393. The third-order valence-corrected chi connectivity index (χ3v) is 5.31. The lowest BCUT2D eigenvalue weighted by Crippen LogP contribution is -2.20. The van der Waals surface area contributed by atoms with Gasteiger partial charge in [0.2, 0.25) is 0 Å². The van der Waals surface area contributed by atoms with Crippen molar-refractivity contribution in [3.8, 4) is 0 Å². The van der Waals surface area contributed by atoms with Gasteiger partial charge < -0.3 is 24.8 Å². The molecule has 1 aliphatic carbocycles. The highest BCUT2D eigenvalue weighted by molar-refractivity contribution is 7.51. The van der Waals surface area contributed by atoms with E-state index in [1.54, 1.807) is 6.33 Å². The normalized spacial score (nSPS) is 21.7. The Hall–Kier alpha value is -1.54. The highest BCUT2D eigenvalue weighted by Crippen LogP contribution is 2.36. The number of aromatic nitrogens is 4. The van der Waals surface area contributed by atoms with Gasteiger partial charge in [0, 0.05) is 6.54 Å². The zero-order valence-corrected chi connectivity index (χ0v) is 14.9. The quantitative estimate of drug-likeness (QED) is 0.628. The first-order chi connectivity index (χ1) is 11.9. The summed E-state index contributed by atoms with van der Waals surface area (Å²) in [5, 5.41) is 0. The molecule has 2 aromatic rings. The first-order valence-corrected chi connectivity index (χ1v) is 10.3. The summed E-state index contributed by atoms with van der Waals surface area (Å²) in [6, 6.07) is 0. The Balaban J connectivity index is 1.43. The number of ether oxygens (including phenoxy) is 1. The fraction of sp³-hybridized carbons (Fsp3) is 0.667. The maximum atomic E-state index is 10.8. The number of nitrogens with zero attached hydrogens (tertiary/aromatic N) is 4. The van der Waals surface area contributed by atoms with Crippen molar-refractivity contribution in [2.45, 2.75) is 38.6 Å². The van der Waals surface area contributed by atoms with Gasteiger partial charge >= 0.3 is 7.60 Å². The standard InChI is InChI=1S/C15H24N5O4P/c16-14-13-15(18-8-17-14)20(9-19-13)6-5-11-1-3-12(4-2-11)7-24-10-25(21,22)23/h8-9,11-12H,1-7,10H2,(H2,16,17,18)(H2,21,22,23). The summed E-state index contributed by atoms with van der Waals surface area (Å²) < 4.78 is 17.9. The molecule has 25 heavy (non-hydrogen) atoms. The predicted octanol–water partition coefficient (Wildman–Crippen LogP) is 1.76. The maximum absolute atomic E-state index is 10.8. The van der Waals surface area contributed by atoms with Gasteiger partial charge in [0.05, 0.1) is 12.9 Å². The number of aryl methyl sites for hydroxylation is 1. The van der Waals surface area contributed by atoms with Crippen molar-refractivity contribution in [2.24, 2.45) is 11.8 Å². The molecule has 0 unspecified atom stereocenters. The van der Waals surface area contributed by atoms with E-state index in [-0.39, 0.29) is 0 Å². The average Bonchev–Trinajstić information content (AvgIpc) is 2.98. The molecule has 1 fully saturated rings. The Bertz CT molecular complexity index is 753. The Morgan fingerprint density at radius 2 is 1.92 bits per heavy atom. The van der Waals surface area contributed by atoms with E-state index in [2.05, 4.69) is 15.0 Å². The van der Waals surface area contributed by atoms with Crippen LogP contribution in [0.5, 0.6) is 0 Å². The number of hydrogen-bond acceptors (Lipinski definition) is 6. The van der Waals surface area contributed by atoms with Crippen LogP contribution < -0.4 is 5.73 Å². The molecule has 4 N–H and O–H groups in total. The van der Waals surface area contributed by atoms with Gasteiger partial charge in [0.15, 0.2) is 11.5 Å². The molecule has 0 aliphatic heterocycles. The van der Waals surface area contributed by atoms with Crippen molar-refractivity contribution in [1.82, 2.24) is 19.5 Å². The third kappa shape index (κ3) is 4.98. The molecular weight excluding hydrogens is 345 g/mol. The van der Waals surface area contributed by atoms with Gasteiger partial charge in [-0.1, -0.05) is 12.8 Å². The zero-order chi connectivity index (χ0) is 17.9. The summed E-state index contributed by atoms with van der Waals surface area (Å²) in [6.45, 7) is 1.27. The van der Waals surface area contributed by atoms with Crippen LogP contribution in [0.15, 0.2) is 12.7 Å². The number of hydrogen-bond donors (Lipinski definition) is 3. The number of anilines is 1. The van der Waals surface area contributed by atoms with Crippen molar-refractivity contribution in [2.75, 3.05) is 18.7 Å². The van der Waals surface area contributed by atoms with Crippen LogP contribution in [0.1, 0.15) is 32.1 Å². The molecule has 2 heterocycles. The monoisotopic (exact) mass is 369 g/mol. The summed E-state index contributed by atoms with van der Waals surface area (Å²) in [4.78, 5) is 30.1. The largest absolute Gasteiger partial charge is 0.382 e. The van der Waals surface area contributed by atoms with Gasteiger partial charge in [0.1, 0.15) is 18.2 Å². The number of imidazole rings is 1. The summed E-state index contributed by atoms with van der Waals surface area (Å²) in [5.41, 5.74) is 7.22. The fourth-order valence-electron chi connectivity index (χ4n) is 3.41. The zero-order valence-electron chi connectivity index (χ0n) is 14.0. The van der Waals surface area contributed by atoms with Crippen LogP contribution in [0.3, 0.4) is 0 Å². The summed E-state index contributed by atoms with van der Waals surface area (Å²) in [5.74, 6) is 1.43. The van der Waals surface area contributed by atoms with Crippen LogP contribution in [0.2, 0.25) is 0 Å². The van der Waals surface area contributed by atoms with Crippen LogP contribution >= 0.6 is 7.60 Å². The van der Waals surface area contributed by atoms with E-state index < -0.39 is 13.9 Å². The molecule has 3 rings (SSSR count). The molecule has 1 saturated carbocycles. The second-order valence-electron chi connectivity index (χ2n) is 6.71. The number of fused-ring (bicyclic) bond motifs is 1. The van der Waals surface area contributed by atoms with Crippen molar-refractivity contribution < 1.29 is 19.1 Å². The minimum atomic E-state index is -4.06. The van der Waals surface area contributed by atoms with Crippen molar-refractivity contribution in [3.05, 3.63) is 12.7 Å². The third-order valence-electron chi connectivity index (χ3n) is 4.79. The molecule has 10 heteroatoms. The topological polar surface area (TPSA) is 136 Å². The molecule has 0 saturated heterocycles. The number of rotatable bonds is 7. The van der Waals surface area contributed by atoms with E-state index in [0.29, 0.717) is 29.8 Å². The Kier molecular flexibility index (Phi) is 5.68. The van der Waals surface area contributed by atoms with Crippen LogP contribution in [0.25, 0.3) is 11.2 Å². The van der Waals surface area contributed by atoms with Crippen molar-refractivity contribution >= 4 is 24.6 Å². The highest BCUT2D eigenvalue weighted by Gasteiger charge is 2.23. The van der Waals surface area contributed by atoms with Crippen molar-refractivity contribution in [1.29, 1.82) is 0 Å². The van der Waals surface area contributed by atoms with Gasteiger partial charge in [-0.15, -0.1) is 0 Å². The Morgan fingerprint density at radius 1 is 1.20 bits per heavy atom. The number of nitrogen functional groups attached to an aromatic ring is 1. The average molecular weight is 369 g/mol. The smallest absolute Gasteiger partial charge is 0.350 e. The summed E-state index contributed by atoms with van der Waals surface area (Å²) in [7, 11) is -4.06. The molecule has 0 atom stereocenters. The summed E-state index contributed by atoms with van der Waals surface area (Å²) in [6.07, 6.45) is 8.06. The van der Waals surface area contributed by atoms with E-state index in [4.69, 9.17) is 20.3 Å². The van der Waals surface area contributed by atoms with Gasteiger partial charge in [-0.05, 0) is 31.1 Å². The van der Waals surface area contributed by atoms with E-state index in [0.717, 1.165) is 44.3 Å². The fourth-order valence-corrected chi connectivity index (χ4v) is 3.75. The molecule has 0 bridgehead atoms. The lowest BCUT2D eigenvalue weighted by molar-refractivity contribution is 0.0944. The second-order valence-corrected chi connectivity index (χ2v) is 8.30. The first-order valence-electron chi connectivity index (χ1n) is 8.46. The van der Waals surface area contributed by atoms with E-state index in [1.165, 1.54) is 6.33 Å². The molecular formula is C15H24N5O4P. The van der Waals surface area contributed by atoms with Crippen LogP contribution in [0, 0.1) is 11.8 Å². The molecule has 0 aromatic carbocycles. The van der Waals surface area contributed by atoms with Crippen LogP contribution in [-0.2, 0) is 15.8 Å². The molecule has 1 aliphatic rings. The lowest BCUT2D eigenvalue weighted by Gasteiger charge is -2.28. The van der Waals surface area contributed by atoms with Crippen LogP contribution in [-0.4, -0.2) is 42.3 Å². The number of nitrogens with two attached hydrogens (primary N) is 1. The van der Waals surface area contributed by atoms with Crippen LogP contribution in [0.4, 0.5) is 5.82 Å². The molecule has 9 nitrogen and oxygen atoms in total. The van der Waals surface area contributed by atoms with Crippen molar-refractivity contribution in [3.63, 3.8) is 0 Å². The molecule has 0 amide bonds. The molecule has 0 spiro atoms. The SMILES string of the molecule is Nc1ncnc2c1ncn2CCC1CCC(COCP(=O)(O)O)CC1. The van der Waals surface area contributed by atoms with Gasteiger partial charge in [0.25, 0.3) is 0 Å². The van der Waals surface area contributed by atoms with Gasteiger partial charge in [-0.2, -0.15) is 0 Å². The predicted molar refractivity (Wildman–Crippen MR) is 92.7 cm³/mol. The van der Waals surface area contributed by atoms with Gasteiger partial charge in [-0.3, -0.25) is 4.57 Å².